The van der Waals surface area contributed by atoms with Crippen molar-refractivity contribution in [1.82, 2.24) is 0 Å². The van der Waals surface area contributed by atoms with Gasteiger partial charge in [0.1, 0.15) is 0 Å². The van der Waals surface area contributed by atoms with Crippen LogP contribution in [0.25, 0.3) is 75.5 Å². The molecule has 1 aromatic heterocycles. The lowest BCUT2D eigenvalue weighted by Crippen LogP contribution is -2.09. The standard InChI is InChI=1S/C52H35NS/c1-3-10-36(11-4-1)38-18-20-39(21-19-38)41-24-31-45(32-25-41)53(44-29-22-40(23-30-44)37-12-5-2-6-13-37)46-33-26-42(27-34-46)47-16-9-14-43-28-35-50-52(51(43)47)48-15-7-8-17-49(48)54-50/h1-35H. The average Bonchev–Trinajstić information content (AvgIpc) is 3.64. The molecule has 54 heavy (non-hydrogen) atoms. The molecule has 10 aromatic rings. The molecule has 2 heteroatoms. The second-order valence-corrected chi connectivity index (χ2v) is 14.8. The van der Waals surface area contributed by atoms with Crippen LogP contribution in [0.2, 0.25) is 0 Å². The molecule has 0 bridgehead atoms. The molecule has 0 radical (unpaired) electrons. The van der Waals surface area contributed by atoms with Crippen molar-refractivity contribution >= 4 is 59.3 Å². The van der Waals surface area contributed by atoms with E-state index in [4.69, 9.17) is 0 Å². The summed E-state index contributed by atoms with van der Waals surface area (Å²) in [5, 5.41) is 5.26. The van der Waals surface area contributed by atoms with E-state index in [1.165, 1.54) is 75.5 Å². The van der Waals surface area contributed by atoms with Gasteiger partial charge in [0.05, 0.1) is 0 Å². The van der Waals surface area contributed by atoms with E-state index in [0.717, 1.165) is 17.1 Å². The lowest BCUT2D eigenvalue weighted by molar-refractivity contribution is 1.28. The fourth-order valence-electron chi connectivity index (χ4n) is 7.79. The van der Waals surface area contributed by atoms with Crippen LogP contribution in [0.3, 0.4) is 0 Å². The van der Waals surface area contributed by atoms with Crippen LogP contribution in [0.5, 0.6) is 0 Å². The Kier molecular flexibility index (Phi) is 8.09. The molecule has 0 unspecified atom stereocenters. The summed E-state index contributed by atoms with van der Waals surface area (Å²) in [6.45, 7) is 0. The van der Waals surface area contributed by atoms with Crippen molar-refractivity contribution in [1.29, 1.82) is 0 Å². The second kappa shape index (κ2) is 13.7. The zero-order chi connectivity index (χ0) is 35.8. The molecular formula is C52H35NS. The maximum absolute atomic E-state index is 2.36. The molecule has 0 aliphatic carbocycles. The predicted octanol–water partition coefficient (Wildman–Crippen LogP) is 15.3. The third-order valence-corrected chi connectivity index (χ3v) is 11.6. The smallest absolute Gasteiger partial charge is 0.0462 e. The van der Waals surface area contributed by atoms with Crippen LogP contribution in [-0.4, -0.2) is 0 Å². The Bertz CT molecular complexity index is 2870. The van der Waals surface area contributed by atoms with Crippen LogP contribution < -0.4 is 4.90 Å². The summed E-state index contributed by atoms with van der Waals surface area (Å²) < 4.78 is 2.66. The number of anilines is 3. The van der Waals surface area contributed by atoms with E-state index in [1.807, 2.05) is 11.3 Å². The summed E-state index contributed by atoms with van der Waals surface area (Å²) in [6.07, 6.45) is 0. The largest absolute Gasteiger partial charge is 0.311 e. The van der Waals surface area contributed by atoms with Crippen molar-refractivity contribution < 1.29 is 0 Å². The highest BCUT2D eigenvalue weighted by Crippen LogP contribution is 2.43. The van der Waals surface area contributed by atoms with Gasteiger partial charge < -0.3 is 4.90 Å². The van der Waals surface area contributed by atoms with Gasteiger partial charge in [-0.15, -0.1) is 11.3 Å². The minimum Gasteiger partial charge on any atom is -0.311 e. The van der Waals surface area contributed by atoms with Crippen molar-refractivity contribution in [3.8, 4) is 44.5 Å². The Morgan fingerprint density at radius 1 is 0.278 bits per heavy atom. The van der Waals surface area contributed by atoms with Gasteiger partial charge >= 0.3 is 0 Å². The highest BCUT2D eigenvalue weighted by Gasteiger charge is 2.16. The average molecular weight is 706 g/mol. The lowest BCUT2D eigenvalue weighted by atomic mass is 9.94. The van der Waals surface area contributed by atoms with E-state index in [0.29, 0.717) is 0 Å². The Hall–Kier alpha value is -6.74. The summed E-state index contributed by atoms with van der Waals surface area (Å²) in [6, 6.07) is 77.0. The van der Waals surface area contributed by atoms with Crippen LogP contribution in [0.1, 0.15) is 0 Å². The first-order valence-corrected chi connectivity index (χ1v) is 19.2. The van der Waals surface area contributed by atoms with E-state index >= 15 is 0 Å². The molecule has 0 aliphatic heterocycles. The first-order valence-electron chi connectivity index (χ1n) is 18.4. The van der Waals surface area contributed by atoms with Crippen molar-refractivity contribution in [3.63, 3.8) is 0 Å². The summed E-state index contributed by atoms with van der Waals surface area (Å²) in [4.78, 5) is 2.36. The minimum atomic E-state index is 1.11. The van der Waals surface area contributed by atoms with Crippen molar-refractivity contribution in [3.05, 3.63) is 212 Å². The zero-order valence-corrected chi connectivity index (χ0v) is 30.4. The fourth-order valence-corrected chi connectivity index (χ4v) is 8.91. The SMILES string of the molecule is c1ccc(-c2ccc(-c3ccc(N(c4ccc(-c5ccccc5)cc4)c4ccc(-c5cccc6ccc7sc8ccccc8c7c56)cc4)cc3)cc2)cc1. The van der Waals surface area contributed by atoms with Crippen molar-refractivity contribution in [2.24, 2.45) is 0 Å². The quantitative estimate of drug-likeness (QED) is 0.160. The van der Waals surface area contributed by atoms with Gasteiger partial charge in [-0.3, -0.25) is 0 Å². The number of hydrogen-bond acceptors (Lipinski definition) is 2. The molecular weight excluding hydrogens is 671 g/mol. The van der Waals surface area contributed by atoms with Gasteiger partial charge in [0, 0.05) is 37.2 Å². The highest BCUT2D eigenvalue weighted by molar-refractivity contribution is 7.26. The molecule has 0 saturated heterocycles. The Morgan fingerprint density at radius 2 is 0.722 bits per heavy atom. The zero-order valence-electron chi connectivity index (χ0n) is 29.6. The van der Waals surface area contributed by atoms with Crippen molar-refractivity contribution in [2.45, 2.75) is 0 Å². The Labute approximate surface area is 319 Å². The summed E-state index contributed by atoms with van der Waals surface area (Å²) in [7, 11) is 0. The summed E-state index contributed by atoms with van der Waals surface area (Å²) in [5.41, 5.74) is 13.1. The number of rotatable bonds is 7. The molecule has 0 spiro atoms. The molecule has 0 fully saturated rings. The third-order valence-electron chi connectivity index (χ3n) is 10.5. The predicted molar refractivity (Wildman–Crippen MR) is 233 cm³/mol. The van der Waals surface area contributed by atoms with E-state index in [2.05, 4.69) is 217 Å². The molecule has 0 N–H and O–H groups in total. The van der Waals surface area contributed by atoms with Gasteiger partial charge in [-0.2, -0.15) is 0 Å². The van der Waals surface area contributed by atoms with Crippen LogP contribution in [0.4, 0.5) is 17.1 Å². The van der Waals surface area contributed by atoms with Gasteiger partial charge in [-0.1, -0.05) is 164 Å². The molecule has 1 heterocycles. The van der Waals surface area contributed by atoms with Crippen LogP contribution >= 0.6 is 11.3 Å². The van der Waals surface area contributed by atoms with Crippen LogP contribution in [-0.2, 0) is 0 Å². The summed E-state index contributed by atoms with van der Waals surface area (Å²) in [5.74, 6) is 0. The van der Waals surface area contributed by atoms with Gasteiger partial charge in [0.25, 0.3) is 0 Å². The molecule has 0 amide bonds. The molecule has 0 saturated carbocycles. The lowest BCUT2D eigenvalue weighted by Gasteiger charge is -2.26. The number of nitrogens with zero attached hydrogens (tertiary/aromatic N) is 1. The summed E-state index contributed by atoms with van der Waals surface area (Å²) >= 11 is 1.87. The molecule has 10 rings (SSSR count). The van der Waals surface area contributed by atoms with Crippen LogP contribution in [0.15, 0.2) is 212 Å². The van der Waals surface area contributed by atoms with E-state index in [9.17, 15) is 0 Å². The molecule has 254 valence electrons. The normalized spacial score (nSPS) is 11.3. The van der Waals surface area contributed by atoms with Gasteiger partial charge in [-0.05, 0) is 104 Å². The van der Waals surface area contributed by atoms with Crippen LogP contribution in [0, 0.1) is 0 Å². The number of hydrogen-bond donors (Lipinski definition) is 0. The topological polar surface area (TPSA) is 3.24 Å². The number of benzene rings is 9. The first kappa shape index (κ1) is 32.0. The minimum absolute atomic E-state index is 1.11. The number of thiophene rings is 1. The van der Waals surface area contributed by atoms with Gasteiger partial charge in [-0.25, -0.2) is 0 Å². The van der Waals surface area contributed by atoms with E-state index in [-0.39, 0.29) is 0 Å². The molecule has 0 aliphatic rings. The Morgan fingerprint density at radius 3 is 1.26 bits per heavy atom. The van der Waals surface area contributed by atoms with E-state index in [1.54, 1.807) is 0 Å². The Balaban J connectivity index is 1.04. The highest BCUT2D eigenvalue weighted by atomic mass is 32.1. The number of fused-ring (bicyclic) bond motifs is 5. The fraction of sp³-hybridized carbons (Fsp3) is 0. The van der Waals surface area contributed by atoms with Gasteiger partial charge in [0.2, 0.25) is 0 Å². The molecule has 0 atom stereocenters. The van der Waals surface area contributed by atoms with Gasteiger partial charge in [0.15, 0.2) is 0 Å². The van der Waals surface area contributed by atoms with E-state index < -0.39 is 0 Å². The third kappa shape index (κ3) is 5.84. The van der Waals surface area contributed by atoms with Crippen molar-refractivity contribution in [2.75, 3.05) is 4.90 Å². The maximum Gasteiger partial charge on any atom is 0.0462 e. The maximum atomic E-state index is 2.36. The monoisotopic (exact) mass is 705 g/mol. The molecule has 9 aromatic carbocycles. The first-order chi connectivity index (χ1) is 26.8. The molecule has 1 nitrogen and oxygen atoms in total. The second-order valence-electron chi connectivity index (χ2n) is 13.7.